The number of benzene rings is 2. The molecule has 0 radical (unpaired) electrons. The Morgan fingerprint density at radius 2 is 1.88 bits per heavy atom. The van der Waals surface area contributed by atoms with Crippen LogP contribution in [0.2, 0.25) is 5.02 Å². The fourth-order valence-corrected chi connectivity index (χ4v) is 2.71. The van der Waals surface area contributed by atoms with Crippen LogP contribution in [0.4, 0.5) is 0 Å². The summed E-state index contributed by atoms with van der Waals surface area (Å²) in [6.45, 7) is 0.177. The van der Waals surface area contributed by atoms with Crippen molar-refractivity contribution in [3.05, 3.63) is 70.9 Å². The second-order valence-corrected chi connectivity index (χ2v) is 6.24. The van der Waals surface area contributed by atoms with Crippen LogP contribution in [0, 0.1) is 0 Å². The zero-order chi connectivity index (χ0) is 18.4. The summed E-state index contributed by atoms with van der Waals surface area (Å²) in [6.07, 6.45) is 1.69. The SMILES string of the molecule is O=C(COC(=O)c1cc2cc(Cl)ccc2o1)NCCCc1ccccc1. The highest BCUT2D eigenvalue weighted by Crippen LogP contribution is 2.23. The van der Waals surface area contributed by atoms with Gasteiger partial charge in [0.05, 0.1) is 0 Å². The Morgan fingerprint density at radius 3 is 2.69 bits per heavy atom. The van der Waals surface area contributed by atoms with Gasteiger partial charge in [0.1, 0.15) is 5.58 Å². The number of halogens is 1. The summed E-state index contributed by atoms with van der Waals surface area (Å²) in [7, 11) is 0. The van der Waals surface area contributed by atoms with E-state index in [1.54, 1.807) is 24.3 Å². The minimum atomic E-state index is -0.684. The first-order valence-electron chi connectivity index (χ1n) is 8.29. The molecule has 3 rings (SSSR count). The molecule has 0 aliphatic heterocycles. The molecule has 1 amide bonds. The van der Waals surface area contributed by atoms with E-state index in [2.05, 4.69) is 5.32 Å². The second kappa shape index (κ2) is 8.54. The van der Waals surface area contributed by atoms with Crippen molar-refractivity contribution in [2.75, 3.05) is 13.2 Å². The molecule has 2 aromatic carbocycles. The van der Waals surface area contributed by atoms with Crippen molar-refractivity contribution in [1.29, 1.82) is 0 Å². The summed E-state index contributed by atoms with van der Waals surface area (Å²) in [5, 5.41) is 3.98. The van der Waals surface area contributed by atoms with Crippen LogP contribution in [0.3, 0.4) is 0 Å². The van der Waals surface area contributed by atoms with Crippen molar-refractivity contribution >= 4 is 34.4 Å². The van der Waals surface area contributed by atoms with E-state index >= 15 is 0 Å². The second-order valence-electron chi connectivity index (χ2n) is 5.81. The molecule has 0 saturated heterocycles. The van der Waals surface area contributed by atoms with Gasteiger partial charge < -0.3 is 14.5 Å². The Morgan fingerprint density at radius 1 is 1.08 bits per heavy atom. The molecule has 0 atom stereocenters. The van der Waals surface area contributed by atoms with Crippen molar-refractivity contribution in [3.63, 3.8) is 0 Å². The van der Waals surface area contributed by atoms with Gasteiger partial charge in [0, 0.05) is 17.0 Å². The fourth-order valence-electron chi connectivity index (χ4n) is 2.53. The van der Waals surface area contributed by atoms with Gasteiger partial charge in [-0.3, -0.25) is 4.79 Å². The summed E-state index contributed by atoms with van der Waals surface area (Å²) in [5.74, 6) is -0.985. The van der Waals surface area contributed by atoms with Gasteiger partial charge in [-0.25, -0.2) is 4.79 Å². The average molecular weight is 372 g/mol. The number of fused-ring (bicyclic) bond motifs is 1. The summed E-state index contributed by atoms with van der Waals surface area (Å²) in [4.78, 5) is 23.8. The fraction of sp³-hybridized carbons (Fsp3) is 0.200. The Kier molecular flexibility index (Phi) is 5.92. The highest BCUT2D eigenvalue weighted by Gasteiger charge is 2.15. The first-order chi connectivity index (χ1) is 12.6. The minimum Gasteiger partial charge on any atom is -0.450 e. The molecule has 134 valence electrons. The molecule has 1 heterocycles. The van der Waals surface area contributed by atoms with Gasteiger partial charge >= 0.3 is 5.97 Å². The van der Waals surface area contributed by atoms with Crippen molar-refractivity contribution in [2.45, 2.75) is 12.8 Å². The Labute approximate surface area is 155 Å². The predicted octanol–water partition coefficient (Wildman–Crippen LogP) is 3.99. The van der Waals surface area contributed by atoms with Gasteiger partial charge in [0.2, 0.25) is 5.76 Å². The van der Waals surface area contributed by atoms with Crippen LogP contribution in [0.15, 0.2) is 59.0 Å². The molecule has 0 fully saturated rings. The lowest BCUT2D eigenvalue weighted by molar-refractivity contribution is -0.124. The van der Waals surface area contributed by atoms with Crippen LogP contribution in [0.25, 0.3) is 11.0 Å². The van der Waals surface area contributed by atoms with Crippen molar-refractivity contribution in [2.24, 2.45) is 0 Å². The number of nitrogens with one attached hydrogen (secondary N) is 1. The molecule has 0 aliphatic rings. The molecule has 0 unspecified atom stereocenters. The largest absolute Gasteiger partial charge is 0.450 e. The van der Waals surface area contributed by atoms with E-state index in [0.29, 0.717) is 22.5 Å². The van der Waals surface area contributed by atoms with E-state index in [9.17, 15) is 9.59 Å². The van der Waals surface area contributed by atoms with E-state index in [1.165, 1.54) is 5.56 Å². The number of hydrogen-bond acceptors (Lipinski definition) is 4. The molecule has 1 N–H and O–H groups in total. The molecule has 1 aromatic heterocycles. The molecule has 0 bridgehead atoms. The molecule has 5 nitrogen and oxygen atoms in total. The number of hydrogen-bond donors (Lipinski definition) is 1. The third-order valence-corrected chi connectivity index (χ3v) is 4.06. The van der Waals surface area contributed by atoms with E-state index in [1.807, 2.05) is 30.3 Å². The lowest BCUT2D eigenvalue weighted by atomic mass is 10.1. The summed E-state index contributed by atoms with van der Waals surface area (Å²) < 4.78 is 10.4. The molecule has 0 saturated carbocycles. The maximum Gasteiger partial charge on any atom is 0.374 e. The number of aryl methyl sites for hydroxylation is 1. The molecular formula is C20H18ClNO4. The van der Waals surface area contributed by atoms with Gasteiger partial charge in [-0.05, 0) is 42.7 Å². The van der Waals surface area contributed by atoms with Crippen molar-refractivity contribution in [3.8, 4) is 0 Å². The van der Waals surface area contributed by atoms with Crippen LogP contribution in [0.1, 0.15) is 22.5 Å². The van der Waals surface area contributed by atoms with E-state index in [4.69, 9.17) is 20.8 Å². The van der Waals surface area contributed by atoms with E-state index in [-0.39, 0.29) is 18.3 Å². The Bertz CT molecular complexity index is 905. The van der Waals surface area contributed by atoms with Gasteiger partial charge in [-0.15, -0.1) is 0 Å². The van der Waals surface area contributed by atoms with Gasteiger partial charge in [-0.2, -0.15) is 0 Å². The quantitative estimate of drug-likeness (QED) is 0.503. The monoisotopic (exact) mass is 371 g/mol. The maximum absolute atomic E-state index is 12.0. The number of esters is 1. The lowest BCUT2D eigenvalue weighted by Crippen LogP contribution is -2.29. The maximum atomic E-state index is 12.0. The highest BCUT2D eigenvalue weighted by molar-refractivity contribution is 6.31. The molecule has 0 aliphatic carbocycles. The summed E-state index contributed by atoms with van der Waals surface area (Å²) >= 11 is 5.90. The van der Waals surface area contributed by atoms with Crippen LogP contribution >= 0.6 is 11.6 Å². The minimum absolute atomic E-state index is 0.0409. The number of furan rings is 1. The van der Waals surface area contributed by atoms with Crippen LogP contribution in [-0.4, -0.2) is 25.0 Å². The lowest BCUT2D eigenvalue weighted by Gasteiger charge is -2.06. The van der Waals surface area contributed by atoms with E-state index in [0.717, 1.165) is 12.8 Å². The third kappa shape index (κ3) is 4.86. The molecule has 3 aromatic rings. The first kappa shape index (κ1) is 18.0. The number of amides is 1. The number of rotatable bonds is 7. The normalized spacial score (nSPS) is 10.7. The zero-order valence-corrected chi connectivity index (χ0v) is 14.8. The van der Waals surface area contributed by atoms with Crippen LogP contribution < -0.4 is 5.32 Å². The van der Waals surface area contributed by atoms with Crippen LogP contribution in [0.5, 0.6) is 0 Å². The predicted molar refractivity (Wildman–Crippen MR) is 99.3 cm³/mol. The van der Waals surface area contributed by atoms with Gasteiger partial charge in [0.15, 0.2) is 6.61 Å². The topological polar surface area (TPSA) is 68.5 Å². The van der Waals surface area contributed by atoms with E-state index < -0.39 is 5.97 Å². The Balaban J connectivity index is 1.41. The molecule has 0 spiro atoms. The standard InChI is InChI=1S/C20H18ClNO4/c21-16-8-9-17-15(11-16)12-18(26-17)20(24)25-13-19(23)22-10-4-7-14-5-2-1-3-6-14/h1-3,5-6,8-9,11-12H,4,7,10,13H2,(H,22,23). The highest BCUT2D eigenvalue weighted by atomic mass is 35.5. The van der Waals surface area contributed by atoms with Gasteiger partial charge in [0.25, 0.3) is 5.91 Å². The first-order valence-corrected chi connectivity index (χ1v) is 8.66. The number of ether oxygens (including phenoxy) is 1. The zero-order valence-electron chi connectivity index (χ0n) is 14.0. The molecule has 26 heavy (non-hydrogen) atoms. The third-order valence-electron chi connectivity index (χ3n) is 3.82. The van der Waals surface area contributed by atoms with Crippen LogP contribution in [-0.2, 0) is 16.0 Å². The number of carbonyl (C=O) groups excluding carboxylic acids is 2. The smallest absolute Gasteiger partial charge is 0.374 e. The summed E-state index contributed by atoms with van der Waals surface area (Å²) in [5.41, 5.74) is 1.75. The van der Waals surface area contributed by atoms with Crippen molar-refractivity contribution in [1.82, 2.24) is 5.32 Å². The summed E-state index contributed by atoms with van der Waals surface area (Å²) in [6, 6.07) is 16.6. The van der Waals surface area contributed by atoms with Crippen molar-refractivity contribution < 1.29 is 18.7 Å². The average Bonchev–Trinajstić information content (AvgIpc) is 3.07. The molecular weight excluding hydrogens is 354 g/mol. The Hall–Kier alpha value is -2.79. The molecule has 6 heteroatoms. The number of carbonyl (C=O) groups is 2. The van der Waals surface area contributed by atoms with Gasteiger partial charge in [-0.1, -0.05) is 41.9 Å².